The lowest BCUT2D eigenvalue weighted by Crippen LogP contribution is -2.18. The van der Waals surface area contributed by atoms with E-state index in [1.54, 1.807) is 12.1 Å². The first-order valence-electron chi connectivity index (χ1n) is 7.02. The summed E-state index contributed by atoms with van der Waals surface area (Å²) in [6.07, 6.45) is 1.86. The second-order valence-corrected chi connectivity index (χ2v) is 5.19. The van der Waals surface area contributed by atoms with Gasteiger partial charge in [-0.05, 0) is 42.1 Å². The molecule has 2 aromatic carbocycles. The molecule has 3 aromatic rings. The fourth-order valence-corrected chi connectivity index (χ4v) is 2.45. The van der Waals surface area contributed by atoms with Gasteiger partial charge in [0.05, 0.1) is 11.6 Å². The van der Waals surface area contributed by atoms with Gasteiger partial charge in [0.25, 0.3) is 0 Å². The average Bonchev–Trinajstić information content (AvgIpc) is 2.91. The first-order chi connectivity index (χ1) is 10.7. The second-order valence-electron chi connectivity index (χ2n) is 5.19. The molecule has 4 heteroatoms. The van der Waals surface area contributed by atoms with Crippen LogP contribution in [0.15, 0.2) is 54.7 Å². The Kier molecular flexibility index (Phi) is 3.63. The minimum absolute atomic E-state index is 0.0887. The zero-order valence-corrected chi connectivity index (χ0v) is 12.2. The number of anilines is 1. The molecule has 4 nitrogen and oxygen atoms in total. The van der Waals surface area contributed by atoms with E-state index in [9.17, 15) is 4.79 Å². The largest absolute Gasteiger partial charge is 0.338 e. The monoisotopic (exact) mass is 289 g/mol. The number of hydrogen-bond donors (Lipinski definition) is 1. The normalized spacial score (nSPS) is 10.4. The Bertz CT molecular complexity index is 887. The summed E-state index contributed by atoms with van der Waals surface area (Å²) in [5.41, 5.74) is 3.33. The van der Waals surface area contributed by atoms with Crippen molar-refractivity contribution in [2.75, 3.05) is 5.32 Å². The number of carbonyl (C=O) groups is 1. The smallest absolute Gasteiger partial charge is 0.244 e. The number of benzene rings is 2. The number of amides is 1. The molecule has 3 rings (SSSR count). The molecule has 1 aromatic heterocycles. The summed E-state index contributed by atoms with van der Waals surface area (Å²) in [4.78, 5) is 12.2. The molecule has 22 heavy (non-hydrogen) atoms. The van der Waals surface area contributed by atoms with Crippen molar-refractivity contribution in [3.63, 3.8) is 0 Å². The number of aryl methyl sites for hydroxylation is 1. The SMILES string of the molecule is Cc1ccccc1NC(=O)Cn1ccc2ccc(C#N)cc21. The highest BCUT2D eigenvalue weighted by molar-refractivity contribution is 5.92. The molecule has 0 spiro atoms. The third kappa shape index (κ3) is 2.70. The van der Waals surface area contributed by atoms with E-state index < -0.39 is 0 Å². The van der Waals surface area contributed by atoms with Gasteiger partial charge in [-0.3, -0.25) is 4.79 Å². The molecular weight excluding hydrogens is 274 g/mol. The van der Waals surface area contributed by atoms with Gasteiger partial charge in [-0.15, -0.1) is 0 Å². The van der Waals surface area contributed by atoms with Gasteiger partial charge in [-0.25, -0.2) is 0 Å². The van der Waals surface area contributed by atoms with Gasteiger partial charge in [0.15, 0.2) is 0 Å². The lowest BCUT2D eigenvalue weighted by Gasteiger charge is -2.09. The van der Waals surface area contributed by atoms with Crippen LogP contribution in [0.2, 0.25) is 0 Å². The van der Waals surface area contributed by atoms with Crippen LogP contribution < -0.4 is 5.32 Å². The predicted octanol–water partition coefficient (Wildman–Crippen LogP) is 3.46. The maximum absolute atomic E-state index is 12.2. The van der Waals surface area contributed by atoms with Gasteiger partial charge in [0.1, 0.15) is 6.54 Å². The lowest BCUT2D eigenvalue weighted by atomic mass is 10.2. The summed E-state index contributed by atoms with van der Waals surface area (Å²) in [6.45, 7) is 2.17. The highest BCUT2D eigenvalue weighted by atomic mass is 16.1. The summed E-state index contributed by atoms with van der Waals surface area (Å²) < 4.78 is 1.85. The van der Waals surface area contributed by atoms with E-state index in [4.69, 9.17) is 5.26 Å². The van der Waals surface area contributed by atoms with E-state index in [0.717, 1.165) is 22.2 Å². The van der Waals surface area contributed by atoms with Crippen molar-refractivity contribution in [1.82, 2.24) is 4.57 Å². The third-order valence-electron chi connectivity index (χ3n) is 3.64. The molecule has 0 fully saturated rings. The number of nitrogens with one attached hydrogen (secondary N) is 1. The van der Waals surface area contributed by atoms with Crippen molar-refractivity contribution in [3.05, 3.63) is 65.9 Å². The Morgan fingerprint density at radius 1 is 1.23 bits per heavy atom. The molecule has 0 aliphatic carbocycles. The minimum atomic E-state index is -0.0887. The fraction of sp³-hybridized carbons (Fsp3) is 0.111. The molecule has 0 atom stereocenters. The van der Waals surface area contributed by atoms with Gasteiger partial charge in [-0.2, -0.15) is 5.26 Å². The number of aromatic nitrogens is 1. The zero-order chi connectivity index (χ0) is 15.5. The van der Waals surface area contributed by atoms with Crippen molar-refractivity contribution in [2.45, 2.75) is 13.5 Å². The van der Waals surface area contributed by atoms with Crippen LogP contribution >= 0.6 is 0 Å². The van der Waals surface area contributed by atoms with Crippen LogP contribution in [0.1, 0.15) is 11.1 Å². The maximum atomic E-state index is 12.2. The van der Waals surface area contributed by atoms with Crippen LogP contribution in [0, 0.1) is 18.3 Å². The highest BCUT2D eigenvalue weighted by Gasteiger charge is 2.08. The molecule has 0 aliphatic rings. The average molecular weight is 289 g/mol. The molecule has 0 unspecified atom stereocenters. The lowest BCUT2D eigenvalue weighted by molar-refractivity contribution is -0.116. The van der Waals surface area contributed by atoms with E-state index in [1.165, 1.54) is 0 Å². The summed E-state index contributed by atoms with van der Waals surface area (Å²) >= 11 is 0. The van der Waals surface area contributed by atoms with Crippen LogP contribution in [-0.2, 0) is 11.3 Å². The molecule has 0 radical (unpaired) electrons. The molecule has 1 amide bonds. The Morgan fingerprint density at radius 3 is 2.82 bits per heavy atom. The van der Waals surface area contributed by atoms with Crippen molar-refractivity contribution < 1.29 is 4.79 Å². The summed E-state index contributed by atoms with van der Waals surface area (Å²) in [6, 6.07) is 17.2. The summed E-state index contributed by atoms with van der Waals surface area (Å²) in [5, 5.41) is 12.9. The maximum Gasteiger partial charge on any atom is 0.244 e. The first kappa shape index (κ1) is 13.9. The first-order valence-corrected chi connectivity index (χ1v) is 7.02. The summed E-state index contributed by atoms with van der Waals surface area (Å²) in [5.74, 6) is -0.0887. The Hall–Kier alpha value is -3.06. The quantitative estimate of drug-likeness (QED) is 0.802. The number of nitrogens with zero attached hydrogens (tertiary/aromatic N) is 2. The molecule has 0 saturated carbocycles. The predicted molar refractivity (Wildman–Crippen MR) is 86.5 cm³/mol. The van der Waals surface area contributed by atoms with E-state index >= 15 is 0 Å². The molecule has 1 N–H and O–H groups in total. The minimum Gasteiger partial charge on any atom is -0.338 e. The molecule has 0 bridgehead atoms. The van der Waals surface area contributed by atoms with Crippen LogP contribution in [-0.4, -0.2) is 10.5 Å². The molecule has 1 heterocycles. The van der Waals surface area contributed by atoms with E-state index in [1.807, 2.05) is 54.1 Å². The number of nitriles is 1. The molecular formula is C18H15N3O. The van der Waals surface area contributed by atoms with Gasteiger partial charge in [0.2, 0.25) is 5.91 Å². The molecule has 0 aliphatic heterocycles. The Morgan fingerprint density at radius 2 is 2.05 bits per heavy atom. The standard InChI is InChI=1S/C18H15N3O/c1-13-4-2-3-5-16(13)20-18(22)12-21-9-8-15-7-6-14(11-19)10-17(15)21/h2-10H,12H2,1H3,(H,20,22). The number of para-hydroxylation sites is 1. The van der Waals surface area contributed by atoms with Crippen LogP contribution in [0.5, 0.6) is 0 Å². The molecule has 108 valence electrons. The van der Waals surface area contributed by atoms with E-state index in [-0.39, 0.29) is 12.5 Å². The van der Waals surface area contributed by atoms with E-state index in [0.29, 0.717) is 5.56 Å². The molecule has 0 saturated heterocycles. The van der Waals surface area contributed by atoms with Gasteiger partial charge < -0.3 is 9.88 Å². The highest BCUT2D eigenvalue weighted by Crippen LogP contribution is 2.18. The fourth-order valence-electron chi connectivity index (χ4n) is 2.45. The second kappa shape index (κ2) is 5.74. The number of fused-ring (bicyclic) bond motifs is 1. The van der Waals surface area contributed by atoms with Crippen molar-refractivity contribution >= 4 is 22.5 Å². The van der Waals surface area contributed by atoms with Crippen molar-refractivity contribution in [2.24, 2.45) is 0 Å². The van der Waals surface area contributed by atoms with Gasteiger partial charge in [0, 0.05) is 17.4 Å². The van der Waals surface area contributed by atoms with E-state index in [2.05, 4.69) is 11.4 Å². The van der Waals surface area contributed by atoms with Gasteiger partial charge in [-0.1, -0.05) is 24.3 Å². The van der Waals surface area contributed by atoms with Crippen LogP contribution in [0.25, 0.3) is 10.9 Å². The van der Waals surface area contributed by atoms with Crippen molar-refractivity contribution in [3.8, 4) is 6.07 Å². The Balaban J connectivity index is 1.83. The number of rotatable bonds is 3. The summed E-state index contributed by atoms with van der Waals surface area (Å²) in [7, 11) is 0. The topological polar surface area (TPSA) is 57.8 Å². The van der Waals surface area contributed by atoms with Crippen molar-refractivity contribution in [1.29, 1.82) is 5.26 Å². The van der Waals surface area contributed by atoms with Gasteiger partial charge >= 0.3 is 0 Å². The zero-order valence-electron chi connectivity index (χ0n) is 12.2. The Labute approximate surface area is 128 Å². The number of hydrogen-bond acceptors (Lipinski definition) is 2. The number of carbonyl (C=O) groups excluding carboxylic acids is 1. The van der Waals surface area contributed by atoms with Crippen LogP contribution in [0.3, 0.4) is 0 Å². The van der Waals surface area contributed by atoms with Crippen LogP contribution in [0.4, 0.5) is 5.69 Å². The third-order valence-corrected chi connectivity index (χ3v) is 3.64.